The Labute approximate surface area is 583 Å². The van der Waals surface area contributed by atoms with Crippen molar-refractivity contribution in [2.45, 2.75) is 6.42 Å². The summed E-state index contributed by atoms with van der Waals surface area (Å²) in [6.07, 6.45) is 5.83. The fourth-order valence-corrected chi connectivity index (χ4v) is 12.9. The third-order valence-electron chi connectivity index (χ3n) is 14.1. The Kier molecular flexibility index (Phi) is 23.5. The predicted molar refractivity (Wildman–Crippen MR) is 392 cm³/mol. The lowest BCUT2D eigenvalue weighted by molar-refractivity contribution is 0.0497. The number of aromatic nitrogens is 8. The van der Waals surface area contributed by atoms with Crippen LogP contribution in [0.3, 0.4) is 0 Å². The molecule has 1 fully saturated rings. The number of hydrogen-bond donors (Lipinski definition) is 10. The van der Waals surface area contributed by atoms with Crippen LogP contribution in [0.4, 0.5) is 38.0 Å². The molecule has 0 bridgehead atoms. The molecule has 1 saturated heterocycles. The highest BCUT2D eigenvalue weighted by Crippen LogP contribution is 2.36. The van der Waals surface area contributed by atoms with Gasteiger partial charge in [-0.05, 0) is 157 Å². The third kappa shape index (κ3) is 19.9. The summed E-state index contributed by atoms with van der Waals surface area (Å²) in [6.45, 7) is 3.06. The molecule has 98 heavy (non-hydrogen) atoms. The van der Waals surface area contributed by atoms with E-state index in [9.17, 15) is 35.7 Å². The van der Waals surface area contributed by atoms with E-state index >= 15 is 0 Å². The maximum Gasteiger partial charge on any atom is 0.228 e. The van der Waals surface area contributed by atoms with Crippen molar-refractivity contribution in [2.24, 2.45) is 0 Å². The van der Waals surface area contributed by atoms with E-state index in [1.807, 2.05) is 131 Å². The third-order valence-corrected chi connectivity index (χ3v) is 18.2. The number of aromatic hydroxyl groups is 7. The van der Waals surface area contributed by atoms with Crippen LogP contribution in [0.15, 0.2) is 240 Å². The highest BCUT2D eigenvalue weighted by atomic mass is 32.1. The molecule has 8 heterocycles. The van der Waals surface area contributed by atoms with Crippen molar-refractivity contribution >= 4 is 94.7 Å². The topological polar surface area (TPSA) is 297 Å². The number of nitrogens with zero attached hydrogens (tertiary/aromatic N) is 10. The number of nitrogens with one attached hydrogen (secondary N) is 3. The summed E-state index contributed by atoms with van der Waals surface area (Å²) in [5, 5.41) is 87.9. The monoisotopic (exact) mass is 1400 g/mol. The summed E-state index contributed by atoms with van der Waals surface area (Å²) in [6, 6.07) is 57.3. The molecular formula is C72H63N13O8S5. The number of phenolic OH excluding ortho intramolecular Hbond substituents is 7. The van der Waals surface area contributed by atoms with Gasteiger partial charge in [-0.2, -0.15) is 0 Å². The van der Waals surface area contributed by atoms with E-state index < -0.39 is 0 Å². The highest BCUT2D eigenvalue weighted by molar-refractivity contribution is 7.15. The fourth-order valence-electron chi connectivity index (χ4n) is 9.08. The molecule has 15 rings (SSSR count). The molecule has 7 aromatic heterocycles. The Bertz CT molecular complexity index is 4600. The van der Waals surface area contributed by atoms with E-state index in [4.69, 9.17) is 4.74 Å². The lowest BCUT2D eigenvalue weighted by atomic mass is 10.1. The first kappa shape index (κ1) is 68.0. The molecule has 0 unspecified atom stereocenters. The SMILES string of the molecule is CN(c1ccccc1)c1nc(-c2ccc(O)cc2)cs1.Oc1ccc(-c2csc(NN3CCOCC3)n2)c(O)c1.Oc1ccc(-c2csc(Nc3ccccn3)n2)cc1.Oc1ccc(-c2csc(Nc3ncccn3)n2)cc1.Oc1ccc(Cc2nc(-c3ccc(O)cc3)cs2)cc1. The molecule has 10 N–H and O–H groups in total. The van der Waals surface area contributed by atoms with Gasteiger partial charge in [0.2, 0.25) is 5.95 Å². The second kappa shape index (κ2) is 33.8. The van der Waals surface area contributed by atoms with Gasteiger partial charge in [0.15, 0.2) is 20.5 Å². The van der Waals surface area contributed by atoms with E-state index in [0.29, 0.717) is 30.4 Å². The first-order chi connectivity index (χ1) is 47.8. The molecule has 26 heteroatoms. The number of para-hydroxylation sites is 1. The Morgan fingerprint density at radius 1 is 0.429 bits per heavy atom. The van der Waals surface area contributed by atoms with Gasteiger partial charge in [0.1, 0.15) is 46.1 Å². The van der Waals surface area contributed by atoms with Crippen molar-refractivity contribution in [1.82, 2.24) is 44.9 Å². The number of morpholine rings is 1. The van der Waals surface area contributed by atoms with Crippen LogP contribution < -0.4 is 21.0 Å². The second-order valence-corrected chi connectivity index (χ2v) is 25.5. The van der Waals surface area contributed by atoms with Gasteiger partial charge < -0.3 is 56.0 Å². The molecule has 1 aliphatic heterocycles. The van der Waals surface area contributed by atoms with Crippen molar-refractivity contribution in [1.29, 1.82) is 0 Å². The minimum absolute atomic E-state index is 0.0215. The number of benzene rings is 7. The molecule has 0 saturated carbocycles. The normalized spacial score (nSPS) is 11.6. The van der Waals surface area contributed by atoms with E-state index in [2.05, 4.69) is 78.0 Å². The van der Waals surface area contributed by atoms with Crippen molar-refractivity contribution in [3.63, 3.8) is 0 Å². The molecule has 0 aliphatic carbocycles. The van der Waals surface area contributed by atoms with Crippen molar-refractivity contribution in [2.75, 3.05) is 54.3 Å². The molecule has 1 aliphatic rings. The molecule has 21 nitrogen and oxygen atoms in total. The van der Waals surface area contributed by atoms with E-state index in [0.717, 1.165) is 107 Å². The summed E-state index contributed by atoms with van der Waals surface area (Å²) in [7, 11) is 2.01. The number of rotatable bonds is 15. The molecule has 7 aromatic carbocycles. The number of ether oxygens (including phenoxy) is 1. The van der Waals surface area contributed by atoms with Crippen LogP contribution in [0.2, 0.25) is 0 Å². The zero-order chi connectivity index (χ0) is 68.0. The quantitative estimate of drug-likeness (QED) is 0.0456. The maximum absolute atomic E-state index is 9.83. The van der Waals surface area contributed by atoms with Gasteiger partial charge in [0, 0.05) is 112 Å². The number of phenols is 7. The van der Waals surface area contributed by atoms with Crippen LogP contribution in [0.1, 0.15) is 10.6 Å². The smallest absolute Gasteiger partial charge is 0.228 e. The first-order valence-electron chi connectivity index (χ1n) is 30.1. The summed E-state index contributed by atoms with van der Waals surface area (Å²) < 4.78 is 5.28. The second-order valence-electron chi connectivity index (χ2n) is 21.1. The summed E-state index contributed by atoms with van der Waals surface area (Å²) >= 11 is 7.69. The summed E-state index contributed by atoms with van der Waals surface area (Å²) in [5.74, 6) is 2.65. The van der Waals surface area contributed by atoms with Crippen molar-refractivity contribution < 1.29 is 40.5 Å². The molecule has 14 aromatic rings. The Morgan fingerprint density at radius 3 is 1.44 bits per heavy atom. The van der Waals surface area contributed by atoms with Gasteiger partial charge in [-0.15, -0.1) is 56.7 Å². The molecule has 0 radical (unpaired) electrons. The van der Waals surface area contributed by atoms with Gasteiger partial charge >= 0.3 is 0 Å². The number of thiazole rings is 5. The van der Waals surface area contributed by atoms with Crippen molar-refractivity contribution in [3.8, 4) is 96.5 Å². The molecular weight excluding hydrogens is 1340 g/mol. The van der Waals surface area contributed by atoms with E-state index in [-0.39, 0.29) is 40.2 Å². The largest absolute Gasteiger partial charge is 0.508 e. The minimum Gasteiger partial charge on any atom is -0.508 e. The predicted octanol–water partition coefficient (Wildman–Crippen LogP) is 16.7. The number of anilines is 7. The van der Waals surface area contributed by atoms with Gasteiger partial charge in [-0.3, -0.25) is 5.43 Å². The lowest BCUT2D eigenvalue weighted by Crippen LogP contribution is -2.40. The molecule has 0 amide bonds. The Hall–Kier alpha value is -11.4. The number of hydrazine groups is 1. The van der Waals surface area contributed by atoms with E-state index in [1.165, 1.54) is 46.1 Å². The molecule has 0 spiro atoms. The average molecular weight is 1400 g/mol. The van der Waals surface area contributed by atoms with Crippen molar-refractivity contribution in [3.05, 3.63) is 250 Å². The van der Waals surface area contributed by atoms with Crippen LogP contribution in [-0.4, -0.2) is 114 Å². The van der Waals surface area contributed by atoms with E-state index in [1.54, 1.807) is 114 Å². The Morgan fingerprint density at radius 2 is 0.888 bits per heavy atom. The lowest BCUT2D eigenvalue weighted by Gasteiger charge is -2.26. The van der Waals surface area contributed by atoms with Gasteiger partial charge in [-0.25, -0.2) is 44.9 Å². The maximum atomic E-state index is 9.83. The first-order valence-corrected chi connectivity index (χ1v) is 34.5. The summed E-state index contributed by atoms with van der Waals surface area (Å²) in [4.78, 5) is 37.1. The van der Waals surface area contributed by atoms with Crippen LogP contribution >= 0.6 is 56.7 Å². The Balaban J connectivity index is 0.000000124. The van der Waals surface area contributed by atoms with Gasteiger partial charge in [0.05, 0.1) is 46.7 Å². The fraction of sp³-hybridized carbons (Fsp3) is 0.0833. The van der Waals surface area contributed by atoms with Gasteiger partial charge in [-0.1, -0.05) is 36.4 Å². The average Bonchev–Trinajstić information content (AvgIpc) is 1.67. The highest BCUT2D eigenvalue weighted by Gasteiger charge is 2.16. The molecule has 0 atom stereocenters. The minimum atomic E-state index is 0.0215. The zero-order valence-electron chi connectivity index (χ0n) is 52.2. The number of hydrogen-bond acceptors (Lipinski definition) is 26. The number of pyridine rings is 1. The van der Waals surface area contributed by atoms with Crippen LogP contribution in [0.25, 0.3) is 56.3 Å². The summed E-state index contributed by atoms with van der Waals surface area (Å²) in [5.41, 5.74) is 14.3. The van der Waals surface area contributed by atoms with Crippen LogP contribution in [-0.2, 0) is 11.2 Å². The molecule has 494 valence electrons. The van der Waals surface area contributed by atoms with Crippen LogP contribution in [0, 0.1) is 0 Å². The van der Waals surface area contributed by atoms with Gasteiger partial charge in [0.25, 0.3) is 0 Å². The zero-order valence-corrected chi connectivity index (χ0v) is 56.3. The standard InChI is InChI=1S/C16H14N2OS.C16H13NO2S.C14H11N3OS.C13H10N4OS.C13H15N3O3S/c1-18(13-5-3-2-4-6-13)16-17-15(11-20-16)12-7-9-14(19)10-8-12;18-13-5-1-11(2-6-13)9-16-17-15(10-20-16)12-3-7-14(19)8-4-12;18-11-6-4-10(5-7-11)12-9-19-14(16-12)17-13-3-1-2-8-15-13;18-10-4-2-9(3-5-10)11-8-19-13(16-11)17-12-14-6-1-7-15-12;17-9-1-2-10(12(18)7-9)11-8-20-13(14-11)15-16-3-5-19-6-4-16/h2-11,19H,1H3;1-8,10,18-19H,9H2;1-9,18H,(H,15,16,17);1-8,18H,(H,14,15,16,17);1-2,7-8,17-18H,3-6H2,(H,14,15). The van der Waals surface area contributed by atoms with Crippen LogP contribution in [0.5, 0.6) is 40.2 Å².